The Morgan fingerprint density at radius 2 is 1.64 bits per heavy atom. The number of benzene rings is 1. The Kier molecular flexibility index (Phi) is 12.9. The number of carbonyl (C=O) groups is 5. The van der Waals surface area contributed by atoms with Crippen molar-refractivity contribution in [3.05, 3.63) is 35.9 Å². The van der Waals surface area contributed by atoms with Crippen molar-refractivity contribution in [2.24, 2.45) is 5.92 Å². The first kappa shape index (κ1) is 33.2. The summed E-state index contributed by atoms with van der Waals surface area (Å²) < 4.78 is 0. The summed E-state index contributed by atoms with van der Waals surface area (Å²) in [7, 11) is 0. The van der Waals surface area contributed by atoms with Crippen molar-refractivity contribution in [2.75, 3.05) is 13.2 Å². The summed E-state index contributed by atoms with van der Waals surface area (Å²) in [6.45, 7) is 3.62. The third-order valence-electron chi connectivity index (χ3n) is 8.37. The Hall–Kier alpha value is -3.31. The first-order valence-corrected chi connectivity index (χ1v) is 15.2. The average Bonchev–Trinajstić information content (AvgIpc) is 3.01. The summed E-state index contributed by atoms with van der Waals surface area (Å²) >= 11 is 0. The molecule has 2 saturated heterocycles. The molecule has 5 N–H and O–H groups in total. The number of nitrogens with one attached hydrogen (secondary N) is 3. The molecule has 2 aliphatic rings. The Balaban J connectivity index is 1.85. The molecular weight excluding hydrogens is 540 g/mol. The molecule has 2 aliphatic heterocycles. The van der Waals surface area contributed by atoms with E-state index in [2.05, 4.69) is 16.0 Å². The van der Waals surface area contributed by atoms with Crippen LogP contribution >= 0.6 is 0 Å². The minimum absolute atomic E-state index is 0.0980. The second kappa shape index (κ2) is 16.4. The maximum absolute atomic E-state index is 13.8. The third kappa shape index (κ3) is 9.09. The van der Waals surface area contributed by atoms with E-state index in [9.17, 15) is 29.1 Å². The molecule has 232 valence electrons. The Bertz CT molecular complexity index is 1080. The summed E-state index contributed by atoms with van der Waals surface area (Å²) in [5.74, 6) is -2.23. The van der Waals surface area contributed by atoms with E-state index in [1.54, 1.807) is 4.90 Å². The van der Waals surface area contributed by atoms with E-state index in [0.717, 1.165) is 18.4 Å². The molecule has 11 heteroatoms. The predicted molar refractivity (Wildman–Crippen MR) is 156 cm³/mol. The van der Waals surface area contributed by atoms with E-state index >= 15 is 0 Å². The molecule has 6 unspecified atom stereocenters. The molecule has 2 heterocycles. The van der Waals surface area contributed by atoms with Crippen molar-refractivity contribution in [1.82, 2.24) is 20.9 Å². The zero-order chi connectivity index (χ0) is 30.6. The zero-order valence-electron chi connectivity index (χ0n) is 24.7. The Morgan fingerprint density at radius 3 is 2.33 bits per heavy atom. The standard InChI is InChI=1S/C31H46N4O7/c1-3-20(2)27-31(42)35-17-11-10-15-24(35)30(41)32-22(14-8-5-9-16-25(37)26(38)19-36)28(39)33-23(29(40)34-27)18-21-12-6-4-7-13-21/h4,6-7,12-13,20,22-24,26-27,36,38H,3,5,8-11,14-19H2,1-2H3,(H,32,41)(H,33,39)(H,34,40). The third-order valence-corrected chi connectivity index (χ3v) is 8.37. The summed E-state index contributed by atoms with van der Waals surface area (Å²) in [5.41, 5.74) is 0.836. The van der Waals surface area contributed by atoms with E-state index < -0.39 is 54.5 Å². The van der Waals surface area contributed by atoms with Gasteiger partial charge in [-0.1, -0.05) is 63.4 Å². The first-order valence-electron chi connectivity index (χ1n) is 15.2. The van der Waals surface area contributed by atoms with Gasteiger partial charge in [0.2, 0.25) is 23.6 Å². The lowest BCUT2D eigenvalue weighted by molar-refractivity contribution is -0.147. The molecule has 0 saturated carbocycles. The summed E-state index contributed by atoms with van der Waals surface area (Å²) in [6, 6.07) is 5.81. The van der Waals surface area contributed by atoms with Crippen molar-refractivity contribution in [3.8, 4) is 0 Å². The van der Waals surface area contributed by atoms with Crippen LogP contribution < -0.4 is 16.0 Å². The summed E-state index contributed by atoms with van der Waals surface area (Å²) in [5, 5.41) is 27.0. The SMILES string of the molecule is CCC(C)C1NC(=O)C(Cc2ccccc2)NC(=O)C(CCCCCC(=O)C(O)CO)NC(=O)C2CCCCN2C1=O. The van der Waals surface area contributed by atoms with Crippen LogP contribution in [0.3, 0.4) is 0 Å². The van der Waals surface area contributed by atoms with Crippen LogP contribution in [0.15, 0.2) is 30.3 Å². The largest absolute Gasteiger partial charge is 0.393 e. The lowest BCUT2D eigenvalue weighted by atomic mass is 9.93. The first-order chi connectivity index (χ1) is 20.2. The van der Waals surface area contributed by atoms with Crippen molar-refractivity contribution in [1.29, 1.82) is 0 Å². The van der Waals surface area contributed by atoms with Gasteiger partial charge in [0, 0.05) is 19.4 Å². The number of ketones is 1. The van der Waals surface area contributed by atoms with Gasteiger partial charge in [-0.25, -0.2) is 0 Å². The summed E-state index contributed by atoms with van der Waals surface area (Å²) in [6.07, 6.45) is 3.33. The number of Topliss-reactive ketones (excluding diaryl/α,β-unsaturated/α-hetero) is 1. The Morgan fingerprint density at radius 1 is 0.952 bits per heavy atom. The predicted octanol–water partition coefficient (Wildman–Crippen LogP) is 0.997. The van der Waals surface area contributed by atoms with Gasteiger partial charge in [-0.05, 0) is 43.6 Å². The van der Waals surface area contributed by atoms with Gasteiger partial charge in [0.1, 0.15) is 30.3 Å². The monoisotopic (exact) mass is 586 g/mol. The van der Waals surface area contributed by atoms with Gasteiger partial charge in [0.05, 0.1) is 6.61 Å². The smallest absolute Gasteiger partial charge is 0.246 e. The van der Waals surface area contributed by atoms with E-state index in [1.807, 2.05) is 44.2 Å². The van der Waals surface area contributed by atoms with Gasteiger partial charge >= 0.3 is 0 Å². The van der Waals surface area contributed by atoms with Gasteiger partial charge in [-0.15, -0.1) is 0 Å². The maximum atomic E-state index is 13.8. The van der Waals surface area contributed by atoms with Gasteiger partial charge in [-0.2, -0.15) is 0 Å². The van der Waals surface area contributed by atoms with Gasteiger partial charge in [-0.3, -0.25) is 24.0 Å². The number of aliphatic hydroxyl groups excluding tert-OH is 2. The molecule has 4 amide bonds. The quantitative estimate of drug-likeness (QED) is 0.228. The molecule has 6 atom stereocenters. The normalized spacial score (nSPS) is 25.2. The topological polar surface area (TPSA) is 165 Å². The van der Waals surface area contributed by atoms with E-state index in [0.29, 0.717) is 38.6 Å². The lowest BCUT2D eigenvalue weighted by Crippen LogP contribution is -2.64. The highest BCUT2D eigenvalue weighted by atomic mass is 16.3. The van der Waals surface area contributed by atoms with E-state index in [4.69, 9.17) is 5.11 Å². The van der Waals surface area contributed by atoms with Crippen molar-refractivity contribution >= 4 is 29.4 Å². The van der Waals surface area contributed by atoms with Crippen LogP contribution in [0.5, 0.6) is 0 Å². The molecule has 11 nitrogen and oxygen atoms in total. The van der Waals surface area contributed by atoms with Crippen molar-refractivity contribution in [2.45, 2.75) is 108 Å². The molecule has 1 aromatic carbocycles. The number of nitrogens with zero attached hydrogens (tertiary/aromatic N) is 1. The molecule has 0 radical (unpaired) electrons. The number of carbonyl (C=O) groups excluding carboxylic acids is 5. The lowest BCUT2D eigenvalue weighted by Gasteiger charge is -2.39. The number of hydrogen-bond acceptors (Lipinski definition) is 7. The average molecular weight is 587 g/mol. The van der Waals surface area contributed by atoms with E-state index in [1.165, 1.54) is 0 Å². The number of unbranched alkanes of at least 4 members (excludes halogenated alkanes) is 2. The molecule has 1 aromatic rings. The fourth-order valence-electron chi connectivity index (χ4n) is 5.54. The minimum Gasteiger partial charge on any atom is -0.393 e. The number of rotatable bonds is 12. The van der Waals surface area contributed by atoms with Crippen molar-refractivity contribution in [3.63, 3.8) is 0 Å². The van der Waals surface area contributed by atoms with Crippen LogP contribution in [-0.2, 0) is 30.4 Å². The highest BCUT2D eigenvalue weighted by molar-refractivity contribution is 5.97. The zero-order valence-corrected chi connectivity index (χ0v) is 24.7. The van der Waals surface area contributed by atoms with Crippen LogP contribution in [0.2, 0.25) is 0 Å². The molecular formula is C31H46N4O7. The van der Waals surface area contributed by atoms with Crippen molar-refractivity contribution < 1.29 is 34.2 Å². The van der Waals surface area contributed by atoms with Gasteiger partial charge in [0.15, 0.2) is 5.78 Å². The molecule has 2 fully saturated rings. The number of aliphatic hydroxyl groups is 2. The molecule has 0 aliphatic carbocycles. The van der Waals surface area contributed by atoms with Crippen LogP contribution in [0.1, 0.15) is 77.2 Å². The summed E-state index contributed by atoms with van der Waals surface area (Å²) in [4.78, 5) is 68.1. The second-order valence-electron chi connectivity index (χ2n) is 11.5. The Labute approximate surface area is 247 Å². The number of amides is 4. The van der Waals surface area contributed by atoms with Crippen LogP contribution in [-0.4, -0.2) is 87.9 Å². The molecule has 42 heavy (non-hydrogen) atoms. The van der Waals surface area contributed by atoms with Crippen LogP contribution in [0.4, 0.5) is 0 Å². The van der Waals surface area contributed by atoms with Crippen LogP contribution in [0.25, 0.3) is 0 Å². The second-order valence-corrected chi connectivity index (χ2v) is 11.5. The highest BCUT2D eigenvalue weighted by Crippen LogP contribution is 2.22. The maximum Gasteiger partial charge on any atom is 0.246 e. The fraction of sp³-hybridized carbons (Fsp3) is 0.645. The minimum atomic E-state index is -1.39. The number of piperidine rings is 1. The van der Waals surface area contributed by atoms with Gasteiger partial charge < -0.3 is 31.1 Å². The molecule has 0 bridgehead atoms. The molecule has 0 spiro atoms. The van der Waals surface area contributed by atoms with Gasteiger partial charge in [0.25, 0.3) is 0 Å². The van der Waals surface area contributed by atoms with Crippen LogP contribution in [0, 0.1) is 5.92 Å². The number of fused-ring (bicyclic) bond motifs is 1. The molecule has 0 aromatic heterocycles. The molecule has 3 rings (SSSR count). The highest BCUT2D eigenvalue weighted by Gasteiger charge is 2.40. The number of hydrogen-bond donors (Lipinski definition) is 5. The fourth-order valence-corrected chi connectivity index (χ4v) is 5.54. The van der Waals surface area contributed by atoms with E-state index in [-0.39, 0.29) is 37.0 Å².